The van der Waals surface area contributed by atoms with E-state index in [0.29, 0.717) is 16.7 Å². The van der Waals surface area contributed by atoms with Crippen LogP contribution in [0.5, 0.6) is 0 Å². The van der Waals surface area contributed by atoms with Crippen LogP contribution in [-0.4, -0.2) is 26.4 Å². The van der Waals surface area contributed by atoms with Crippen LogP contribution in [0, 0.1) is 6.92 Å². The zero-order valence-electron chi connectivity index (χ0n) is 13.6. The van der Waals surface area contributed by atoms with Gasteiger partial charge in [-0.15, -0.1) is 10.2 Å². The van der Waals surface area contributed by atoms with E-state index in [4.69, 9.17) is 11.6 Å². The molecule has 0 spiro atoms. The number of amides is 1. The number of thioether (sulfide) groups is 1. The van der Waals surface area contributed by atoms with E-state index in [1.165, 1.54) is 17.3 Å². The number of aryl methyl sites for hydroxylation is 1. The summed E-state index contributed by atoms with van der Waals surface area (Å²) in [4.78, 5) is 12.1. The lowest BCUT2D eigenvalue weighted by atomic mass is 10.1. The van der Waals surface area contributed by atoms with Crippen molar-refractivity contribution in [3.05, 3.63) is 71.0 Å². The lowest BCUT2D eigenvalue weighted by molar-refractivity contribution is -0.118. The molecule has 5 nitrogen and oxygen atoms in total. The third-order valence-corrected chi connectivity index (χ3v) is 4.69. The van der Waals surface area contributed by atoms with Gasteiger partial charge in [0, 0.05) is 11.6 Å². The second-order valence-electron chi connectivity index (χ2n) is 5.52. The maximum absolute atomic E-state index is 12.1. The minimum absolute atomic E-state index is 0.0489. The minimum atomic E-state index is -0.0489. The van der Waals surface area contributed by atoms with Crippen molar-refractivity contribution in [2.75, 3.05) is 5.75 Å². The number of nitrogens with one attached hydrogen (secondary N) is 1. The molecule has 0 radical (unpaired) electrons. The number of benzene rings is 2. The first kappa shape index (κ1) is 17.5. The number of aromatic nitrogens is 3. The maximum atomic E-state index is 12.1. The zero-order chi connectivity index (χ0) is 17.6. The van der Waals surface area contributed by atoms with Crippen LogP contribution < -0.4 is 5.32 Å². The summed E-state index contributed by atoms with van der Waals surface area (Å²) in [6, 6.07) is 15.5. The van der Waals surface area contributed by atoms with Crippen LogP contribution >= 0.6 is 23.4 Å². The lowest BCUT2D eigenvalue weighted by Crippen LogP contribution is -2.24. The van der Waals surface area contributed by atoms with Crippen LogP contribution in [-0.2, 0) is 11.3 Å². The van der Waals surface area contributed by atoms with E-state index in [-0.39, 0.29) is 11.7 Å². The van der Waals surface area contributed by atoms with Gasteiger partial charge >= 0.3 is 0 Å². The summed E-state index contributed by atoms with van der Waals surface area (Å²) in [5.41, 5.74) is 3.12. The van der Waals surface area contributed by atoms with Gasteiger partial charge in [-0.25, -0.2) is 0 Å². The fourth-order valence-corrected chi connectivity index (χ4v) is 3.27. The van der Waals surface area contributed by atoms with Crippen molar-refractivity contribution in [2.45, 2.75) is 18.6 Å². The van der Waals surface area contributed by atoms with Crippen LogP contribution in [0.2, 0.25) is 5.02 Å². The molecule has 2 aromatic carbocycles. The van der Waals surface area contributed by atoms with Gasteiger partial charge in [0.25, 0.3) is 0 Å². The molecule has 1 amide bonds. The van der Waals surface area contributed by atoms with E-state index in [9.17, 15) is 4.79 Å². The standard InChI is InChI=1S/C18H17ClN4OS/c1-13-4-2-5-14(8-13)10-20-17(24)11-25-18-22-21-12-23(18)16-7-3-6-15(19)9-16/h2-9,12H,10-11H2,1H3,(H,20,24). The van der Waals surface area contributed by atoms with Crippen molar-refractivity contribution < 1.29 is 4.79 Å². The molecule has 3 rings (SSSR count). The molecule has 25 heavy (non-hydrogen) atoms. The first-order chi connectivity index (χ1) is 12.1. The molecule has 0 atom stereocenters. The van der Waals surface area contributed by atoms with Crippen LogP contribution in [0.15, 0.2) is 60.0 Å². The Kier molecular flexibility index (Phi) is 5.73. The third kappa shape index (κ3) is 4.84. The molecule has 128 valence electrons. The van der Waals surface area contributed by atoms with Gasteiger partial charge in [-0.3, -0.25) is 9.36 Å². The predicted molar refractivity (Wildman–Crippen MR) is 100 cm³/mol. The second kappa shape index (κ2) is 8.18. The third-order valence-electron chi connectivity index (χ3n) is 3.51. The summed E-state index contributed by atoms with van der Waals surface area (Å²) in [5, 5.41) is 12.2. The van der Waals surface area contributed by atoms with Crippen molar-refractivity contribution in [3.63, 3.8) is 0 Å². The lowest BCUT2D eigenvalue weighted by Gasteiger charge is -2.08. The summed E-state index contributed by atoms with van der Waals surface area (Å²) in [6.45, 7) is 2.55. The maximum Gasteiger partial charge on any atom is 0.230 e. The van der Waals surface area contributed by atoms with E-state index >= 15 is 0 Å². The number of carbonyl (C=O) groups excluding carboxylic acids is 1. The molecule has 0 saturated heterocycles. The average molecular weight is 373 g/mol. The zero-order valence-corrected chi connectivity index (χ0v) is 15.2. The number of hydrogen-bond donors (Lipinski definition) is 1. The van der Waals surface area contributed by atoms with E-state index in [2.05, 4.69) is 21.6 Å². The first-order valence-electron chi connectivity index (χ1n) is 7.73. The predicted octanol–water partition coefficient (Wildman–Crippen LogP) is 3.64. The highest BCUT2D eigenvalue weighted by Gasteiger charge is 2.10. The molecule has 3 aromatic rings. The van der Waals surface area contributed by atoms with Gasteiger partial charge in [0.05, 0.1) is 11.4 Å². The van der Waals surface area contributed by atoms with Gasteiger partial charge in [0.2, 0.25) is 5.91 Å². The van der Waals surface area contributed by atoms with Crippen molar-refractivity contribution in [1.82, 2.24) is 20.1 Å². The first-order valence-corrected chi connectivity index (χ1v) is 9.09. The van der Waals surface area contributed by atoms with Crippen LogP contribution in [0.3, 0.4) is 0 Å². The Balaban J connectivity index is 1.57. The summed E-state index contributed by atoms with van der Waals surface area (Å²) >= 11 is 7.36. The van der Waals surface area contributed by atoms with E-state index in [0.717, 1.165) is 11.3 Å². The Hall–Kier alpha value is -2.31. The van der Waals surface area contributed by atoms with Crippen molar-refractivity contribution >= 4 is 29.3 Å². The molecule has 0 aliphatic rings. The molecule has 1 aromatic heterocycles. The highest BCUT2D eigenvalue weighted by Crippen LogP contribution is 2.21. The topological polar surface area (TPSA) is 59.8 Å². The summed E-state index contributed by atoms with van der Waals surface area (Å²) in [7, 11) is 0. The van der Waals surface area contributed by atoms with Gasteiger partial charge in [0.15, 0.2) is 5.16 Å². The van der Waals surface area contributed by atoms with Crippen molar-refractivity contribution in [2.24, 2.45) is 0 Å². The van der Waals surface area contributed by atoms with E-state index < -0.39 is 0 Å². The quantitative estimate of drug-likeness (QED) is 0.671. The minimum Gasteiger partial charge on any atom is -0.351 e. The average Bonchev–Trinajstić information content (AvgIpc) is 3.07. The Morgan fingerprint density at radius 2 is 2.08 bits per heavy atom. The molecule has 1 heterocycles. The molecule has 0 fully saturated rings. The summed E-state index contributed by atoms with van der Waals surface area (Å²) < 4.78 is 1.81. The molecule has 1 N–H and O–H groups in total. The Labute approximate surface area is 155 Å². The number of carbonyl (C=O) groups is 1. The molecule has 0 unspecified atom stereocenters. The van der Waals surface area contributed by atoms with Gasteiger partial charge in [-0.1, -0.05) is 59.3 Å². The molecule has 0 aliphatic carbocycles. The fourth-order valence-electron chi connectivity index (χ4n) is 2.33. The van der Waals surface area contributed by atoms with Crippen molar-refractivity contribution in [3.8, 4) is 5.69 Å². The summed E-state index contributed by atoms with van der Waals surface area (Å²) in [6.07, 6.45) is 1.61. The molecule has 0 saturated carbocycles. The summed E-state index contributed by atoms with van der Waals surface area (Å²) in [5.74, 6) is 0.220. The molecular formula is C18H17ClN4OS. The Bertz CT molecular complexity index is 881. The van der Waals surface area contributed by atoms with Gasteiger partial charge in [0.1, 0.15) is 6.33 Å². The monoisotopic (exact) mass is 372 g/mol. The SMILES string of the molecule is Cc1cccc(CNC(=O)CSc2nncn2-c2cccc(Cl)c2)c1. The Morgan fingerprint density at radius 1 is 1.24 bits per heavy atom. The van der Waals surface area contributed by atoms with Crippen LogP contribution in [0.1, 0.15) is 11.1 Å². The number of hydrogen-bond acceptors (Lipinski definition) is 4. The van der Waals surface area contributed by atoms with Crippen LogP contribution in [0.4, 0.5) is 0 Å². The number of halogens is 1. The largest absolute Gasteiger partial charge is 0.351 e. The fraction of sp³-hybridized carbons (Fsp3) is 0.167. The van der Waals surface area contributed by atoms with Gasteiger partial charge < -0.3 is 5.32 Å². The van der Waals surface area contributed by atoms with Gasteiger partial charge in [-0.2, -0.15) is 0 Å². The van der Waals surface area contributed by atoms with Crippen molar-refractivity contribution in [1.29, 1.82) is 0 Å². The molecule has 0 aliphatic heterocycles. The van der Waals surface area contributed by atoms with E-state index in [1.807, 2.05) is 47.9 Å². The van der Waals surface area contributed by atoms with Crippen LogP contribution in [0.25, 0.3) is 5.69 Å². The highest BCUT2D eigenvalue weighted by atomic mass is 35.5. The molecular weight excluding hydrogens is 356 g/mol. The normalized spacial score (nSPS) is 10.6. The number of rotatable bonds is 6. The van der Waals surface area contributed by atoms with Gasteiger partial charge in [-0.05, 0) is 30.7 Å². The molecule has 7 heteroatoms. The smallest absolute Gasteiger partial charge is 0.230 e. The highest BCUT2D eigenvalue weighted by molar-refractivity contribution is 7.99. The van der Waals surface area contributed by atoms with E-state index in [1.54, 1.807) is 12.4 Å². The number of nitrogens with zero attached hydrogens (tertiary/aromatic N) is 3. The molecule has 0 bridgehead atoms. The second-order valence-corrected chi connectivity index (χ2v) is 6.90. The Morgan fingerprint density at radius 3 is 2.88 bits per heavy atom.